The lowest BCUT2D eigenvalue weighted by Gasteiger charge is -2.26. The van der Waals surface area contributed by atoms with E-state index in [1.54, 1.807) is 10.7 Å². The van der Waals surface area contributed by atoms with Crippen molar-refractivity contribution in [1.82, 2.24) is 15.1 Å². The lowest BCUT2D eigenvalue weighted by atomic mass is 9.89. The summed E-state index contributed by atoms with van der Waals surface area (Å²) in [6.07, 6.45) is -0.872. The smallest absolute Gasteiger partial charge is 0.305 e. The zero-order chi connectivity index (χ0) is 24.9. The van der Waals surface area contributed by atoms with Gasteiger partial charge in [0.2, 0.25) is 0 Å². The third-order valence-electron chi connectivity index (χ3n) is 5.67. The van der Waals surface area contributed by atoms with Crippen LogP contribution in [0.25, 0.3) is 5.69 Å². The number of aliphatic hydroxyl groups is 1. The number of carboxylic acid groups (broad SMARTS) is 1. The SMILES string of the molecule is Cc1ccccc1C(CC(=O)O)NC(=O)c1cc(NCC(O)C(C)(C)C)n(-c2ccccc2)n1. The molecule has 1 amide bonds. The van der Waals surface area contributed by atoms with Gasteiger partial charge in [0, 0.05) is 12.6 Å². The minimum absolute atomic E-state index is 0.139. The number of aryl methyl sites for hydroxylation is 1. The van der Waals surface area contributed by atoms with Crippen LogP contribution in [-0.2, 0) is 4.79 Å². The van der Waals surface area contributed by atoms with Crippen LogP contribution in [0.4, 0.5) is 5.82 Å². The molecule has 34 heavy (non-hydrogen) atoms. The van der Waals surface area contributed by atoms with E-state index in [2.05, 4.69) is 15.7 Å². The summed E-state index contributed by atoms with van der Waals surface area (Å²) in [5.41, 5.74) is 2.20. The first-order valence-corrected chi connectivity index (χ1v) is 11.2. The molecule has 0 radical (unpaired) electrons. The van der Waals surface area contributed by atoms with Gasteiger partial charge in [0.15, 0.2) is 5.69 Å². The lowest BCUT2D eigenvalue weighted by molar-refractivity contribution is -0.137. The van der Waals surface area contributed by atoms with Crippen molar-refractivity contribution in [3.8, 4) is 5.69 Å². The van der Waals surface area contributed by atoms with E-state index in [4.69, 9.17) is 0 Å². The molecular weight excluding hydrogens is 432 g/mol. The van der Waals surface area contributed by atoms with Crippen molar-refractivity contribution in [1.29, 1.82) is 0 Å². The third-order valence-corrected chi connectivity index (χ3v) is 5.67. The van der Waals surface area contributed by atoms with Crippen molar-refractivity contribution in [3.05, 3.63) is 77.5 Å². The fourth-order valence-electron chi connectivity index (χ4n) is 3.51. The standard InChI is InChI=1S/C26H32N4O4/c1-17-10-8-9-13-19(17)20(15-24(32)33)28-25(34)21-14-23(27-16-22(31)26(2,3)4)30(29-21)18-11-6-5-7-12-18/h5-14,20,22,27,31H,15-16H2,1-4H3,(H,28,34)(H,32,33). The van der Waals surface area contributed by atoms with E-state index in [1.165, 1.54) is 0 Å². The highest BCUT2D eigenvalue weighted by atomic mass is 16.4. The molecule has 0 aliphatic rings. The largest absolute Gasteiger partial charge is 0.481 e. The molecule has 3 aromatic rings. The van der Waals surface area contributed by atoms with Crippen LogP contribution in [0, 0.1) is 12.3 Å². The number of aliphatic carboxylic acids is 1. The summed E-state index contributed by atoms with van der Waals surface area (Å²) in [5, 5.41) is 30.4. The van der Waals surface area contributed by atoms with Gasteiger partial charge in [-0.3, -0.25) is 9.59 Å². The van der Waals surface area contributed by atoms with Gasteiger partial charge in [-0.15, -0.1) is 0 Å². The average Bonchev–Trinajstić information content (AvgIpc) is 3.21. The number of carbonyl (C=O) groups excluding carboxylic acids is 1. The van der Waals surface area contributed by atoms with Gasteiger partial charge in [0.25, 0.3) is 5.91 Å². The van der Waals surface area contributed by atoms with Gasteiger partial charge in [-0.25, -0.2) is 4.68 Å². The normalized spacial score (nSPS) is 13.2. The van der Waals surface area contributed by atoms with E-state index in [9.17, 15) is 19.8 Å². The molecule has 4 N–H and O–H groups in total. The number of aliphatic hydroxyl groups excluding tert-OH is 1. The number of hydrogen-bond donors (Lipinski definition) is 4. The van der Waals surface area contributed by atoms with Crippen LogP contribution in [0.1, 0.15) is 54.8 Å². The first-order chi connectivity index (χ1) is 16.1. The number of hydrogen-bond acceptors (Lipinski definition) is 5. The highest BCUT2D eigenvalue weighted by Crippen LogP contribution is 2.24. The zero-order valence-electron chi connectivity index (χ0n) is 19.9. The first kappa shape index (κ1) is 25.0. The van der Waals surface area contributed by atoms with Crippen LogP contribution in [0.2, 0.25) is 0 Å². The number of amides is 1. The molecule has 0 fully saturated rings. The number of anilines is 1. The molecule has 1 heterocycles. The molecule has 1 aromatic heterocycles. The average molecular weight is 465 g/mol. The summed E-state index contributed by atoms with van der Waals surface area (Å²) >= 11 is 0. The molecule has 0 saturated heterocycles. The molecule has 2 unspecified atom stereocenters. The van der Waals surface area contributed by atoms with Gasteiger partial charge in [-0.1, -0.05) is 63.2 Å². The molecule has 180 valence electrons. The molecule has 0 saturated carbocycles. The number of carbonyl (C=O) groups is 2. The predicted octanol–water partition coefficient (Wildman–Crippen LogP) is 3.95. The maximum atomic E-state index is 13.2. The number of nitrogens with one attached hydrogen (secondary N) is 2. The molecular formula is C26H32N4O4. The molecule has 0 aliphatic heterocycles. The highest BCUT2D eigenvalue weighted by Gasteiger charge is 2.25. The quantitative estimate of drug-likeness (QED) is 0.381. The number of carboxylic acids is 1. The first-order valence-electron chi connectivity index (χ1n) is 11.2. The van der Waals surface area contributed by atoms with Crippen LogP contribution in [0.3, 0.4) is 0 Å². The summed E-state index contributed by atoms with van der Waals surface area (Å²) in [6.45, 7) is 7.99. The molecule has 0 bridgehead atoms. The van der Waals surface area contributed by atoms with Gasteiger partial charge in [-0.2, -0.15) is 5.10 Å². The number of benzene rings is 2. The Morgan fingerprint density at radius 2 is 1.71 bits per heavy atom. The monoisotopic (exact) mass is 464 g/mol. The fourth-order valence-corrected chi connectivity index (χ4v) is 3.51. The maximum Gasteiger partial charge on any atom is 0.305 e. The Morgan fingerprint density at radius 1 is 1.06 bits per heavy atom. The molecule has 0 aliphatic carbocycles. The Hall–Kier alpha value is -3.65. The van der Waals surface area contributed by atoms with E-state index in [0.717, 1.165) is 16.8 Å². The summed E-state index contributed by atoms with van der Waals surface area (Å²) in [5.74, 6) is -0.948. The summed E-state index contributed by atoms with van der Waals surface area (Å²) in [7, 11) is 0. The molecule has 2 atom stereocenters. The van der Waals surface area contributed by atoms with E-state index >= 15 is 0 Å². The Labute approximate surface area is 199 Å². The van der Waals surface area contributed by atoms with Gasteiger partial charge >= 0.3 is 5.97 Å². The van der Waals surface area contributed by atoms with Gasteiger partial charge in [-0.05, 0) is 35.6 Å². The molecule has 2 aromatic carbocycles. The Morgan fingerprint density at radius 3 is 2.32 bits per heavy atom. The number of aromatic nitrogens is 2. The van der Waals surface area contributed by atoms with Crippen LogP contribution < -0.4 is 10.6 Å². The second-order valence-corrected chi connectivity index (χ2v) is 9.41. The Bertz CT molecular complexity index is 1140. The molecule has 3 rings (SSSR count). The van der Waals surface area contributed by atoms with Crippen molar-refractivity contribution < 1.29 is 19.8 Å². The van der Waals surface area contributed by atoms with Crippen LogP contribution in [-0.4, -0.2) is 44.5 Å². The Balaban J connectivity index is 1.90. The van der Waals surface area contributed by atoms with Crippen LogP contribution in [0.15, 0.2) is 60.7 Å². The van der Waals surface area contributed by atoms with E-state index < -0.39 is 24.0 Å². The van der Waals surface area contributed by atoms with Crippen molar-refractivity contribution >= 4 is 17.7 Å². The summed E-state index contributed by atoms with van der Waals surface area (Å²) in [4.78, 5) is 24.6. The van der Waals surface area contributed by atoms with Crippen LogP contribution >= 0.6 is 0 Å². The number of nitrogens with zero attached hydrogens (tertiary/aromatic N) is 2. The summed E-state index contributed by atoms with van der Waals surface area (Å²) < 4.78 is 1.60. The number of rotatable bonds is 9. The minimum Gasteiger partial charge on any atom is -0.481 e. The zero-order valence-corrected chi connectivity index (χ0v) is 19.9. The Kier molecular flexibility index (Phi) is 7.73. The molecule has 8 nitrogen and oxygen atoms in total. The fraction of sp³-hybridized carbons (Fsp3) is 0.346. The predicted molar refractivity (Wildman–Crippen MR) is 131 cm³/mol. The van der Waals surface area contributed by atoms with Crippen molar-refractivity contribution in [2.24, 2.45) is 5.41 Å². The second kappa shape index (κ2) is 10.5. The molecule has 8 heteroatoms. The van der Waals surface area contributed by atoms with Gasteiger partial charge in [0.1, 0.15) is 5.82 Å². The van der Waals surface area contributed by atoms with Gasteiger partial charge in [0.05, 0.1) is 24.3 Å². The van der Waals surface area contributed by atoms with Gasteiger partial charge < -0.3 is 20.8 Å². The van der Waals surface area contributed by atoms with Crippen molar-refractivity contribution in [2.75, 3.05) is 11.9 Å². The topological polar surface area (TPSA) is 116 Å². The molecule has 0 spiro atoms. The van der Waals surface area contributed by atoms with Crippen LogP contribution in [0.5, 0.6) is 0 Å². The number of para-hydroxylation sites is 1. The second-order valence-electron chi connectivity index (χ2n) is 9.41. The summed E-state index contributed by atoms with van der Waals surface area (Å²) in [6, 6.07) is 17.6. The van der Waals surface area contributed by atoms with Crippen molar-refractivity contribution in [2.45, 2.75) is 46.3 Å². The minimum atomic E-state index is -1.01. The van der Waals surface area contributed by atoms with E-state index in [-0.39, 0.29) is 24.1 Å². The lowest BCUT2D eigenvalue weighted by Crippen LogP contribution is -2.33. The highest BCUT2D eigenvalue weighted by molar-refractivity contribution is 5.93. The van der Waals surface area contributed by atoms with E-state index in [1.807, 2.05) is 82.3 Å². The maximum absolute atomic E-state index is 13.2. The van der Waals surface area contributed by atoms with E-state index in [0.29, 0.717) is 5.82 Å². The third kappa shape index (κ3) is 6.23. The van der Waals surface area contributed by atoms with Crippen molar-refractivity contribution in [3.63, 3.8) is 0 Å².